The van der Waals surface area contributed by atoms with Crippen molar-refractivity contribution in [2.45, 2.75) is 50.6 Å². The number of benzene rings is 2. The zero-order valence-electron chi connectivity index (χ0n) is 23.4. The van der Waals surface area contributed by atoms with Crippen molar-refractivity contribution in [1.29, 1.82) is 0 Å². The zero-order chi connectivity index (χ0) is 29.2. The van der Waals surface area contributed by atoms with Crippen molar-refractivity contribution in [3.63, 3.8) is 0 Å². The number of nitrogens with zero attached hydrogens (tertiary/aromatic N) is 1. The largest absolute Gasteiger partial charge is 0.457 e. The molecule has 2 aromatic carbocycles. The number of Topliss-reactive ketones (excluding diaryl/α,β-unsaturated/α-hetero) is 1. The molecule has 42 heavy (non-hydrogen) atoms. The first-order chi connectivity index (χ1) is 20.4. The molecule has 3 aromatic rings. The van der Waals surface area contributed by atoms with Crippen LogP contribution in [-0.2, 0) is 14.4 Å². The second kappa shape index (κ2) is 12.0. The van der Waals surface area contributed by atoms with Gasteiger partial charge in [0.2, 0.25) is 11.8 Å². The number of aliphatic hydroxyl groups is 1. The summed E-state index contributed by atoms with van der Waals surface area (Å²) >= 11 is 0. The maximum absolute atomic E-state index is 14.0. The lowest BCUT2D eigenvalue weighted by atomic mass is 9.92. The highest BCUT2D eigenvalue weighted by Gasteiger charge is 2.50. The number of fused-ring (bicyclic) bond motifs is 2. The van der Waals surface area contributed by atoms with Crippen LogP contribution in [0.5, 0.6) is 11.5 Å². The minimum atomic E-state index is -0.918. The Labute approximate surface area is 243 Å². The first kappa shape index (κ1) is 28.0. The van der Waals surface area contributed by atoms with Gasteiger partial charge in [0, 0.05) is 29.9 Å². The summed E-state index contributed by atoms with van der Waals surface area (Å²) in [6.07, 6.45) is 4.13. The molecule has 3 heterocycles. The highest BCUT2D eigenvalue weighted by Crippen LogP contribution is 2.43. The third-order valence-corrected chi connectivity index (χ3v) is 9.07. The molecule has 0 bridgehead atoms. The van der Waals surface area contributed by atoms with E-state index in [9.17, 15) is 24.3 Å². The fourth-order valence-electron chi connectivity index (χ4n) is 6.92. The molecule has 10 heteroatoms. The van der Waals surface area contributed by atoms with E-state index in [4.69, 9.17) is 4.74 Å². The first-order valence-electron chi connectivity index (χ1n) is 14.8. The summed E-state index contributed by atoms with van der Waals surface area (Å²) < 4.78 is 6.09. The lowest BCUT2D eigenvalue weighted by Crippen LogP contribution is -2.53. The van der Waals surface area contributed by atoms with Crippen molar-refractivity contribution >= 4 is 34.4 Å². The summed E-state index contributed by atoms with van der Waals surface area (Å²) in [5, 5.41) is 16.0. The number of aliphatic hydroxyl groups excluding tert-OH is 1. The lowest BCUT2D eigenvalue weighted by molar-refractivity contribution is -0.132. The number of carbonyl (C=O) groups is 4. The summed E-state index contributed by atoms with van der Waals surface area (Å²) in [7, 11) is 0. The minimum absolute atomic E-state index is 0.000733. The molecule has 2 aliphatic heterocycles. The van der Waals surface area contributed by atoms with E-state index in [0.29, 0.717) is 43.1 Å². The molecule has 1 aliphatic carbocycles. The van der Waals surface area contributed by atoms with Gasteiger partial charge in [0.25, 0.3) is 5.91 Å². The van der Waals surface area contributed by atoms with Crippen LogP contribution in [0, 0.1) is 17.8 Å². The molecule has 3 amide bonds. The molecule has 6 rings (SSSR count). The molecular weight excluding hydrogens is 536 g/mol. The van der Waals surface area contributed by atoms with Crippen molar-refractivity contribution in [3.8, 4) is 11.5 Å². The molecular formula is C32H36N4O6. The predicted molar refractivity (Wildman–Crippen MR) is 155 cm³/mol. The second-order valence-electron chi connectivity index (χ2n) is 11.6. The van der Waals surface area contributed by atoms with E-state index in [1.807, 2.05) is 48.5 Å². The van der Waals surface area contributed by atoms with Gasteiger partial charge >= 0.3 is 0 Å². The highest BCUT2D eigenvalue weighted by molar-refractivity contribution is 6.02. The number of likely N-dealkylation sites (tertiary alicyclic amines) is 1. The Morgan fingerprint density at radius 3 is 2.67 bits per heavy atom. The van der Waals surface area contributed by atoms with Crippen LogP contribution in [-0.4, -0.2) is 70.3 Å². The van der Waals surface area contributed by atoms with Gasteiger partial charge in [-0.05, 0) is 74.3 Å². The molecule has 0 unspecified atom stereocenters. The van der Waals surface area contributed by atoms with Crippen molar-refractivity contribution in [3.05, 3.63) is 60.3 Å². The van der Waals surface area contributed by atoms with E-state index in [1.54, 1.807) is 11.0 Å². The second-order valence-corrected chi connectivity index (χ2v) is 11.6. The Balaban J connectivity index is 1.22. The standard InChI is InChI=1S/C32H36N4O6/c37-18-27(38)25(13-12-19-14-15-33-30(19)39)35-31(40)29-22-9-4-6-20(22)17-36(29)32(41)26-16-23-24(34-26)10-5-11-28(23)42-21-7-2-1-3-8-21/h1-3,5,7-8,10-11,16,19-20,22,25,29,34,37H,4,6,9,12-15,17-18H2,(H,33,39)(H,35,40)/t19-,20+,22+,25+,29+/m1/s1. The van der Waals surface area contributed by atoms with Crippen molar-refractivity contribution < 1.29 is 29.0 Å². The van der Waals surface area contributed by atoms with E-state index in [2.05, 4.69) is 15.6 Å². The summed E-state index contributed by atoms with van der Waals surface area (Å²) in [5.74, 6) is 0.0875. The average Bonchev–Trinajstić information content (AvgIpc) is 3.79. The van der Waals surface area contributed by atoms with Crippen LogP contribution >= 0.6 is 0 Å². The Morgan fingerprint density at radius 1 is 1.07 bits per heavy atom. The lowest BCUT2D eigenvalue weighted by Gasteiger charge is -2.28. The molecule has 220 valence electrons. The average molecular weight is 573 g/mol. The van der Waals surface area contributed by atoms with Crippen LogP contribution in [0.2, 0.25) is 0 Å². The van der Waals surface area contributed by atoms with Gasteiger partial charge < -0.3 is 30.4 Å². The SMILES string of the molecule is O=C1NCC[C@H]1CC[C@H](NC(=O)[C@@H]1[C@H]2CCC[C@H]2CN1C(=O)c1cc2c(Oc3ccccc3)cccc2[nH]1)C(=O)CO. The summed E-state index contributed by atoms with van der Waals surface area (Å²) in [4.78, 5) is 57.3. The molecule has 3 aliphatic rings. The molecule has 1 saturated carbocycles. The maximum atomic E-state index is 14.0. The van der Waals surface area contributed by atoms with E-state index in [0.717, 1.165) is 30.2 Å². The molecule has 4 N–H and O–H groups in total. The number of para-hydroxylation sites is 1. The number of carbonyl (C=O) groups excluding carboxylic acids is 4. The van der Waals surface area contributed by atoms with Gasteiger partial charge in [-0.15, -0.1) is 0 Å². The van der Waals surface area contributed by atoms with Gasteiger partial charge in [0.15, 0.2) is 5.78 Å². The third kappa shape index (κ3) is 5.51. The number of hydrogen-bond acceptors (Lipinski definition) is 6. The summed E-state index contributed by atoms with van der Waals surface area (Å²) in [5.41, 5.74) is 1.11. The molecule has 10 nitrogen and oxygen atoms in total. The third-order valence-electron chi connectivity index (χ3n) is 9.07. The number of aromatic amines is 1. The topological polar surface area (TPSA) is 141 Å². The van der Waals surface area contributed by atoms with Gasteiger partial charge in [-0.25, -0.2) is 0 Å². The van der Waals surface area contributed by atoms with E-state index in [1.165, 1.54) is 0 Å². The number of aromatic nitrogens is 1. The van der Waals surface area contributed by atoms with Crippen molar-refractivity contribution in [2.75, 3.05) is 19.7 Å². The normalized spacial score (nSPS) is 23.9. The summed E-state index contributed by atoms with van der Waals surface area (Å²) in [6, 6.07) is 15.1. The smallest absolute Gasteiger partial charge is 0.271 e. The maximum Gasteiger partial charge on any atom is 0.271 e. The number of amides is 3. The Kier molecular flexibility index (Phi) is 7.97. The van der Waals surface area contributed by atoms with Crippen LogP contribution in [0.25, 0.3) is 10.9 Å². The number of ether oxygens (including phenoxy) is 1. The monoisotopic (exact) mass is 572 g/mol. The van der Waals surface area contributed by atoms with E-state index >= 15 is 0 Å². The fraction of sp³-hybridized carbons (Fsp3) is 0.438. The van der Waals surface area contributed by atoms with E-state index in [-0.39, 0.29) is 41.9 Å². The molecule has 5 atom stereocenters. The minimum Gasteiger partial charge on any atom is -0.457 e. The van der Waals surface area contributed by atoms with Gasteiger partial charge in [-0.3, -0.25) is 19.2 Å². The van der Waals surface area contributed by atoms with Gasteiger partial charge in [0.05, 0.1) is 6.04 Å². The van der Waals surface area contributed by atoms with Gasteiger partial charge in [-0.1, -0.05) is 30.7 Å². The molecule has 0 spiro atoms. The van der Waals surface area contributed by atoms with Crippen LogP contribution in [0.3, 0.4) is 0 Å². The van der Waals surface area contributed by atoms with Crippen LogP contribution in [0.4, 0.5) is 0 Å². The highest BCUT2D eigenvalue weighted by atomic mass is 16.5. The fourth-order valence-corrected chi connectivity index (χ4v) is 6.92. The Morgan fingerprint density at radius 2 is 1.90 bits per heavy atom. The Hall–Kier alpha value is -4.18. The molecule has 2 saturated heterocycles. The van der Waals surface area contributed by atoms with Crippen LogP contribution in [0.1, 0.15) is 49.0 Å². The van der Waals surface area contributed by atoms with Crippen LogP contribution in [0.15, 0.2) is 54.6 Å². The number of nitrogens with one attached hydrogen (secondary N) is 3. The predicted octanol–water partition coefficient (Wildman–Crippen LogP) is 3.16. The number of hydrogen-bond donors (Lipinski definition) is 4. The number of H-pyrrole nitrogens is 1. The van der Waals surface area contributed by atoms with E-state index < -0.39 is 24.5 Å². The van der Waals surface area contributed by atoms with Crippen LogP contribution < -0.4 is 15.4 Å². The Bertz CT molecular complexity index is 1490. The molecule has 1 aromatic heterocycles. The molecule has 3 fully saturated rings. The van der Waals surface area contributed by atoms with Crippen molar-refractivity contribution in [2.24, 2.45) is 17.8 Å². The summed E-state index contributed by atoms with van der Waals surface area (Å²) in [6.45, 7) is 0.360. The van der Waals surface area contributed by atoms with Crippen molar-refractivity contribution in [1.82, 2.24) is 20.5 Å². The number of ketones is 1. The first-order valence-corrected chi connectivity index (χ1v) is 14.8. The number of rotatable bonds is 10. The van der Waals surface area contributed by atoms with Gasteiger partial charge in [0.1, 0.15) is 29.8 Å². The van der Waals surface area contributed by atoms with Gasteiger partial charge in [-0.2, -0.15) is 0 Å². The quantitative estimate of drug-likeness (QED) is 0.294. The zero-order valence-corrected chi connectivity index (χ0v) is 23.4. The molecule has 0 radical (unpaired) electrons.